The lowest BCUT2D eigenvalue weighted by Crippen LogP contribution is -2.32. The van der Waals surface area contributed by atoms with Crippen molar-refractivity contribution in [2.45, 2.75) is 32.4 Å². The van der Waals surface area contributed by atoms with Crippen molar-refractivity contribution < 1.29 is 14.6 Å². The minimum Gasteiger partial charge on any atom is -0.496 e. The van der Waals surface area contributed by atoms with Crippen LogP contribution in [0.3, 0.4) is 0 Å². The molecule has 0 amide bonds. The summed E-state index contributed by atoms with van der Waals surface area (Å²) in [4.78, 5) is 0. The highest BCUT2D eigenvalue weighted by Crippen LogP contribution is 2.52. The fourth-order valence-corrected chi connectivity index (χ4v) is 4.22. The van der Waals surface area contributed by atoms with E-state index in [1.54, 1.807) is 13.2 Å². The van der Waals surface area contributed by atoms with Gasteiger partial charge in [-0.1, -0.05) is 24.3 Å². The molecule has 4 nitrogen and oxygen atoms in total. The van der Waals surface area contributed by atoms with Crippen molar-refractivity contribution in [3.8, 4) is 22.6 Å². The van der Waals surface area contributed by atoms with Crippen LogP contribution in [0, 0.1) is 0 Å². The van der Waals surface area contributed by atoms with Crippen LogP contribution in [0.4, 0.5) is 5.69 Å². The zero-order valence-electron chi connectivity index (χ0n) is 16.2. The van der Waals surface area contributed by atoms with Gasteiger partial charge in [-0.05, 0) is 56.2 Å². The molecule has 2 heterocycles. The van der Waals surface area contributed by atoms with Gasteiger partial charge in [-0.3, -0.25) is 0 Å². The Morgan fingerprint density at radius 1 is 1.22 bits per heavy atom. The van der Waals surface area contributed by atoms with Crippen LogP contribution < -0.4 is 14.8 Å². The molecule has 2 aliphatic rings. The van der Waals surface area contributed by atoms with Crippen LogP contribution in [0.25, 0.3) is 16.7 Å². The summed E-state index contributed by atoms with van der Waals surface area (Å²) in [5, 5.41) is 12.9. The third kappa shape index (κ3) is 2.90. The fraction of sp³-hybridized carbons (Fsp3) is 0.304. The predicted molar refractivity (Wildman–Crippen MR) is 109 cm³/mol. The number of ether oxygens (including phenoxy) is 2. The standard InChI is InChI=1S/C23H25NO3/c1-14-13-23(2,3)24-16-11-10-15-21-17(26-4)7-5-8-18(21)27-19(9-6-12-25)22(15)20(14)16/h5-11,13,19,24-25H,12H2,1-4H3/b9-6+. The average Bonchev–Trinajstić information content (AvgIpc) is 2.63. The lowest BCUT2D eigenvalue weighted by Gasteiger charge is -2.36. The van der Waals surface area contributed by atoms with E-state index in [4.69, 9.17) is 9.47 Å². The first-order chi connectivity index (χ1) is 12.9. The van der Waals surface area contributed by atoms with Gasteiger partial charge in [-0.25, -0.2) is 0 Å². The summed E-state index contributed by atoms with van der Waals surface area (Å²) in [6.45, 7) is 6.45. The minimum atomic E-state index is -0.270. The molecule has 1 atom stereocenters. The van der Waals surface area contributed by atoms with E-state index >= 15 is 0 Å². The molecule has 0 radical (unpaired) electrons. The third-order valence-corrected chi connectivity index (χ3v) is 5.11. The number of methoxy groups -OCH3 is 1. The molecule has 0 fully saturated rings. The number of aliphatic hydroxyl groups is 1. The highest BCUT2D eigenvalue weighted by atomic mass is 16.5. The smallest absolute Gasteiger partial charge is 0.143 e. The van der Waals surface area contributed by atoms with Crippen molar-refractivity contribution in [2.75, 3.05) is 19.0 Å². The highest BCUT2D eigenvalue weighted by molar-refractivity contribution is 5.91. The number of aliphatic hydroxyl groups excluding tert-OH is 1. The summed E-state index contributed by atoms with van der Waals surface area (Å²) < 4.78 is 12.0. The molecule has 0 aromatic heterocycles. The topological polar surface area (TPSA) is 50.7 Å². The van der Waals surface area contributed by atoms with Crippen LogP contribution in [-0.2, 0) is 0 Å². The van der Waals surface area contributed by atoms with Gasteiger partial charge in [0.2, 0.25) is 0 Å². The molecule has 2 N–H and O–H groups in total. The second-order valence-corrected chi connectivity index (χ2v) is 7.61. The van der Waals surface area contributed by atoms with Gasteiger partial charge in [0.25, 0.3) is 0 Å². The van der Waals surface area contributed by atoms with E-state index in [1.165, 1.54) is 5.57 Å². The van der Waals surface area contributed by atoms with E-state index in [9.17, 15) is 5.11 Å². The van der Waals surface area contributed by atoms with Gasteiger partial charge in [0.05, 0.1) is 24.8 Å². The molecule has 0 saturated carbocycles. The van der Waals surface area contributed by atoms with Gasteiger partial charge in [-0.15, -0.1) is 0 Å². The largest absolute Gasteiger partial charge is 0.496 e. The van der Waals surface area contributed by atoms with Crippen molar-refractivity contribution in [3.05, 3.63) is 59.7 Å². The Morgan fingerprint density at radius 2 is 2.04 bits per heavy atom. The van der Waals surface area contributed by atoms with Crippen molar-refractivity contribution >= 4 is 11.3 Å². The summed E-state index contributed by atoms with van der Waals surface area (Å²) in [6.07, 6.45) is 5.64. The van der Waals surface area contributed by atoms with Crippen molar-refractivity contribution in [2.24, 2.45) is 0 Å². The van der Waals surface area contributed by atoms with Gasteiger partial charge >= 0.3 is 0 Å². The zero-order chi connectivity index (χ0) is 19.2. The molecule has 2 aliphatic heterocycles. The molecule has 4 heteroatoms. The molecule has 0 saturated heterocycles. The number of allylic oxidation sites excluding steroid dienone is 1. The normalized spacial score (nSPS) is 19.3. The van der Waals surface area contributed by atoms with Crippen molar-refractivity contribution in [1.29, 1.82) is 0 Å². The van der Waals surface area contributed by atoms with Gasteiger partial charge < -0.3 is 19.9 Å². The van der Waals surface area contributed by atoms with Crippen molar-refractivity contribution in [3.63, 3.8) is 0 Å². The molecule has 4 rings (SSSR count). The van der Waals surface area contributed by atoms with E-state index in [-0.39, 0.29) is 18.2 Å². The number of anilines is 1. The maximum atomic E-state index is 9.30. The molecule has 2 aromatic rings. The predicted octanol–water partition coefficient (Wildman–Crippen LogP) is 4.95. The SMILES string of the molecule is COc1cccc2c1-c1ccc3c(c1C(/C=C/CO)O2)C(C)=CC(C)(C)N3. The molecular weight excluding hydrogens is 338 g/mol. The molecule has 0 spiro atoms. The second kappa shape index (κ2) is 6.46. The maximum absolute atomic E-state index is 9.30. The van der Waals surface area contributed by atoms with E-state index in [1.807, 2.05) is 24.3 Å². The molecule has 0 aliphatic carbocycles. The van der Waals surface area contributed by atoms with Crippen LogP contribution in [0.15, 0.2) is 48.6 Å². The second-order valence-electron chi connectivity index (χ2n) is 7.61. The number of nitrogens with one attached hydrogen (secondary N) is 1. The van der Waals surface area contributed by atoms with E-state index in [0.29, 0.717) is 0 Å². The quantitative estimate of drug-likeness (QED) is 0.758. The number of hydrogen-bond acceptors (Lipinski definition) is 4. The zero-order valence-corrected chi connectivity index (χ0v) is 16.2. The van der Waals surface area contributed by atoms with Crippen LogP contribution in [-0.4, -0.2) is 24.4 Å². The molecule has 1 unspecified atom stereocenters. The lowest BCUT2D eigenvalue weighted by atomic mass is 9.81. The van der Waals surface area contributed by atoms with E-state index in [0.717, 1.165) is 39.4 Å². The Bertz CT molecular complexity index is 956. The van der Waals surface area contributed by atoms with Gasteiger partial charge in [0.1, 0.15) is 17.6 Å². The maximum Gasteiger partial charge on any atom is 0.143 e. The first-order valence-electron chi connectivity index (χ1n) is 9.21. The molecule has 0 bridgehead atoms. The molecule has 2 aromatic carbocycles. The summed E-state index contributed by atoms with van der Waals surface area (Å²) in [6, 6.07) is 10.1. The Morgan fingerprint density at radius 3 is 2.78 bits per heavy atom. The number of rotatable bonds is 3. The molecule has 140 valence electrons. The fourth-order valence-electron chi connectivity index (χ4n) is 4.22. The number of fused-ring (bicyclic) bond motifs is 5. The van der Waals surface area contributed by atoms with Crippen LogP contribution in [0.2, 0.25) is 0 Å². The molecule has 27 heavy (non-hydrogen) atoms. The lowest BCUT2D eigenvalue weighted by molar-refractivity contribution is 0.247. The van der Waals surface area contributed by atoms with Gasteiger partial charge in [-0.2, -0.15) is 0 Å². The highest BCUT2D eigenvalue weighted by Gasteiger charge is 2.33. The van der Waals surface area contributed by atoms with Crippen molar-refractivity contribution in [1.82, 2.24) is 0 Å². The van der Waals surface area contributed by atoms with Crippen LogP contribution in [0.1, 0.15) is 38.0 Å². The van der Waals surface area contributed by atoms with Gasteiger partial charge in [0.15, 0.2) is 0 Å². The Hall–Kier alpha value is -2.72. The first-order valence-corrected chi connectivity index (χ1v) is 9.21. The van der Waals surface area contributed by atoms with E-state index < -0.39 is 0 Å². The van der Waals surface area contributed by atoms with Gasteiger partial charge in [0, 0.05) is 16.8 Å². The van der Waals surface area contributed by atoms with Crippen LogP contribution >= 0.6 is 0 Å². The summed E-state index contributed by atoms with van der Waals surface area (Å²) >= 11 is 0. The van der Waals surface area contributed by atoms with Crippen LogP contribution in [0.5, 0.6) is 11.5 Å². The number of hydrogen-bond donors (Lipinski definition) is 2. The summed E-state index contributed by atoms with van der Waals surface area (Å²) in [5.74, 6) is 1.59. The monoisotopic (exact) mass is 363 g/mol. The summed E-state index contributed by atoms with van der Waals surface area (Å²) in [5.41, 5.74) is 6.56. The third-order valence-electron chi connectivity index (χ3n) is 5.11. The Kier molecular flexibility index (Phi) is 4.23. The Balaban J connectivity index is 2.02. The van der Waals surface area contributed by atoms with E-state index in [2.05, 4.69) is 44.3 Å². The average molecular weight is 363 g/mol. The minimum absolute atomic E-state index is 0.0186. The number of benzene rings is 2. The molecular formula is C23H25NO3. The Labute approximate surface area is 160 Å². The first kappa shape index (κ1) is 17.7. The summed E-state index contributed by atoms with van der Waals surface area (Å²) in [7, 11) is 1.68.